The van der Waals surface area contributed by atoms with Crippen molar-refractivity contribution in [1.29, 1.82) is 0 Å². The molecule has 2 rings (SSSR count). The van der Waals surface area contributed by atoms with E-state index in [1.54, 1.807) is 19.1 Å². The molecule has 0 aliphatic rings. The van der Waals surface area contributed by atoms with Gasteiger partial charge in [-0.3, -0.25) is 0 Å². The summed E-state index contributed by atoms with van der Waals surface area (Å²) in [7, 11) is 2.01. The maximum atomic E-state index is 12.4. The SMILES string of the molecule is [C-]#[N+]c1cc(-c2nc(C)c(C(=O)OCCN(C)CCC)s2)ccc1OCC(C)C. The third-order valence-electron chi connectivity index (χ3n) is 4.19. The molecule has 1 heterocycles. The van der Waals surface area contributed by atoms with Gasteiger partial charge in [0.1, 0.15) is 22.2 Å². The van der Waals surface area contributed by atoms with Crippen LogP contribution in [0, 0.1) is 19.4 Å². The predicted molar refractivity (Wildman–Crippen MR) is 117 cm³/mol. The van der Waals surface area contributed by atoms with Crippen LogP contribution in [0.2, 0.25) is 0 Å². The van der Waals surface area contributed by atoms with E-state index in [0.717, 1.165) is 18.5 Å². The first-order valence-electron chi connectivity index (χ1n) is 9.83. The number of aryl methyl sites for hydroxylation is 1. The Bertz CT molecular complexity index is 871. The van der Waals surface area contributed by atoms with E-state index in [1.165, 1.54) is 11.3 Å². The molecular weight excluding hydrogens is 386 g/mol. The molecule has 7 heteroatoms. The number of hydrogen-bond donors (Lipinski definition) is 0. The van der Waals surface area contributed by atoms with Gasteiger partial charge in [0.15, 0.2) is 0 Å². The molecule has 6 nitrogen and oxygen atoms in total. The normalized spacial score (nSPS) is 11.0. The number of likely N-dealkylation sites (N-methyl/N-ethyl adjacent to an activating group) is 1. The second kappa shape index (κ2) is 10.9. The average Bonchev–Trinajstić information content (AvgIpc) is 3.08. The van der Waals surface area contributed by atoms with E-state index in [0.29, 0.717) is 52.7 Å². The van der Waals surface area contributed by atoms with Crippen molar-refractivity contribution >= 4 is 23.0 Å². The second-order valence-corrected chi connectivity index (χ2v) is 8.37. The van der Waals surface area contributed by atoms with Gasteiger partial charge < -0.3 is 14.4 Å². The molecule has 0 unspecified atom stereocenters. The molecule has 0 aliphatic heterocycles. The highest BCUT2D eigenvalue weighted by Crippen LogP contribution is 2.35. The van der Waals surface area contributed by atoms with E-state index in [9.17, 15) is 4.79 Å². The monoisotopic (exact) mass is 415 g/mol. The number of thiazole rings is 1. The van der Waals surface area contributed by atoms with Crippen LogP contribution in [0.5, 0.6) is 5.75 Å². The van der Waals surface area contributed by atoms with E-state index in [4.69, 9.17) is 16.0 Å². The maximum Gasteiger partial charge on any atom is 0.350 e. The Morgan fingerprint density at radius 2 is 2.10 bits per heavy atom. The highest BCUT2D eigenvalue weighted by atomic mass is 32.1. The first-order chi connectivity index (χ1) is 13.8. The van der Waals surface area contributed by atoms with E-state index >= 15 is 0 Å². The molecule has 0 atom stereocenters. The van der Waals surface area contributed by atoms with E-state index in [-0.39, 0.29) is 5.97 Å². The number of esters is 1. The van der Waals surface area contributed by atoms with Gasteiger partial charge in [-0.1, -0.05) is 26.8 Å². The predicted octanol–water partition coefficient (Wildman–Crippen LogP) is 5.20. The lowest BCUT2D eigenvalue weighted by Crippen LogP contribution is -2.25. The summed E-state index contributed by atoms with van der Waals surface area (Å²) in [6.45, 7) is 18.1. The summed E-state index contributed by atoms with van der Waals surface area (Å²) in [4.78, 5) is 23.2. The van der Waals surface area contributed by atoms with Crippen molar-refractivity contribution in [3.05, 3.63) is 40.2 Å². The summed E-state index contributed by atoms with van der Waals surface area (Å²) in [5.74, 6) is 0.602. The van der Waals surface area contributed by atoms with Crippen LogP contribution in [0.4, 0.5) is 5.69 Å². The van der Waals surface area contributed by atoms with Gasteiger partial charge >= 0.3 is 5.97 Å². The smallest absolute Gasteiger partial charge is 0.350 e. The fourth-order valence-electron chi connectivity index (χ4n) is 2.68. The molecule has 29 heavy (non-hydrogen) atoms. The van der Waals surface area contributed by atoms with Crippen molar-refractivity contribution in [2.75, 3.05) is 33.4 Å². The van der Waals surface area contributed by atoms with Gasteiger partial charge in [-0.05, 0) is 45.0 Å². The first-order valence-corrected chi connectivity index (χ1v) is 10.6. The topological polar surface area (TPSA) is 56.0 Å². The summed E-state index contributed by atoms with van der Waals surface area (Å²) in [5, 5.41) is 0.692. The largest absolute Gasteiger partial charge is 0.504 e. The number of carbonyl (C=O) groups excluding carboxylic acids is 1. The van der Waals surface area contributed by atoms with Gasteiger partial charge in [-0.15, -0.1) is 11.3 Å². The molecule has 1 aromatic heterocycles. The minimum absolute atomic E-state index is 0.349. The third-order valence-corrected chi connectivity index (χ3v) is 5.38. The molecule has 156 valence electrons. The van der Waals surface area contributed by atoms with Gasteiger partial charge in [-0.25, -0.2) is 14.6 Å². The zero-order chi connectivity index (χ0) is 21.4. The Hall–Kier alpha value is -2.43. The average molecular weight is 416 g/mol. The van der Waals surface area contributed by atoms with Gasteiger partial charge in [0.25, 0.3) is 0 Å². The molecule has 0 saturated carbocycles. The number of rotatable bonds is 10. The van der Waals surface area contributed by atoms with Crippen molar-refractivity contribution in [3.8, 4) is 16.3 Å². The zero-order valence-electron chi connectivity index (χ0n) is 17.8. The lowest BCUT2D eigenvalue weighted by Gasteiger charge is -2.14. The molecule has 0 N–H and O–H groups in total. The standard InChI is InChI=1S/C22H29N3O3S/c1-7-10-25(6)11-12-27-22(26)20-16(4)24-21(29-20)17-8-9-19(18(13-17)23-5)28-14-15(2)3/h8-9,13,15H,7,10-12,14H2,1-4,6H3. The molecule has 0 fully saturated rings. The number of carbonyl (C=O) groups is 1. The third kappa shape index (κ3) is 6.55. The van der Waals surface area contributed by atoms with Crippen LogP contribution in [-0.4, -0.2) is 49.2 Å². The molecule has 0 radical (unpaired) electrons. The van der Waals surface area contributed by atoms with Crippen molar-refractivity contribution in [1.82, 2.24) is 9.88 Å². The van der Waals surface area contributed by atoms with E-state index in [1.807, 2.05) is 13.1 Å². The van der Waals surface area contributed by atoms with Crippen LogP contribution in [0.1, 0.15) is 42.6 Å². The van der Waals surface area contributed by atoms with E-state index < -0.39 is 0 Å². The molecule has 2 aromatic rings. The van der Waals surface area contributed by atoms with Crippen LogP contribution in [0.25, 0.3) is 15.4 Å². The molecule has 0 saturated heterocycles. The summed E-state index contributed by atoms with van der Waals surface area (Å²) in [6.07, 6.45) is 1.07. The first kappa shape index (κ1) is 22.9. The van der Waals surface area contributed by atoms with Crippen LogP contribution < -0.4 is 4.74 Å². The van der Waals surface area contributed by atoms with Crippen LogP contribution in [-0.2, 0) is 4.74 Å². The number of nitrogens with zero attached hydrogens (tertiary/aromatic N) is 3. The van der Waals surface area contributed by atoms with Crippen LogP contribution in [0.15, 0.2) is 18.2 Å². The van der Waals surface area contributed by atoms with Crippen molar-refractivity contribution in [2.24, 2.45) is 5.92 Å². The number of hydrogen-bond acceptors (Lipinski definition) is 6. The summed E-state index contributed by atoms with van der Waals surface area (Å²) in [5.41, 5.74) is 1.88. The Balaban J connectivity index is 2.11. The number of aromatic nitrogens is 1. The molecule has 0 aliphatic carbocycles. The van der Waals surface area contributed by atoms with Crippen molar-refractivity contribution in [2.45, 2.75) is 34.1 Å². The fraction of sp³-hybridized carbons (Fsp3) is 0.500. The maximum absolute atomic E-state index is 12.4. The van der Waals surface area contributed by atoms with Crippen molar-refractivity contribution in [3.63, 3.8) is 0 Å². The second-order valence-electron chi connectivity index (χ2n) is 7.37. The van der Waals surface area contributed by atoms with Gasteiger partial charge in [-0.2, -0.15) is 0 Å². The Kier molecular flexibility index (Phi) is 8.62. The van der Waals surface area contributed by atoms with Crippen LogP contribution >= 0.6 is 11.3 Å². The molecule has 0 spiro atoms. The highest BCUT2D eigenvalue weighted by Gasteiger charge is 2.18. The van der Waals surface area contributed by atoms with Gasteiger partial charge in [0, 0.05) is 12.1 Å². The lowest BCUT2D eigenvalue weighted by atomic mass is 10.2. The minimum atomic E-state index is -0.349. The minimum Gasteiger partial charge on any atom is -0.504 e. The molecule has 0 bridgehead atoms. The van der Waals surface area contributed by atoms with Crippen LogP contribution in [0.3, 0.4) is 0 Å². The summed E-state index contributed by atoms with van der Waals surface area (Å²) < 4.78 is 11.1. The Morgan fingerprint density at radius 1 is 1.34 bits per heavy atom. The highest BCUT2D eigenvalue weighted by molar-refractivity contribution is 7.17. The fourth-order valence-corrected chi connectivity index (χ4v) is 3.64. The number of ether oxygens (including phenoxy) is 2. The zero-order valence-corrected chi connectivity index (χ0v) is 18.6. The Labute approximate surface area is 177 Å². The van der Waals surface area contributed by atoms with Gasteiger partial charge in [0.2, 0.25) is 5.69 Å². The Morgan fingerprint density at radius 3 is 2.76 bits per heavy atom. The van der Waals surface area contributed by atoms with Crippen molar-refractivity contribution < 1.29 is 14.3 Å². The summed E-state index contributed by atoms with van der Waals surface area (Å²) in [6, 6.07) is 5.43. The van der Waals surface area contributed by atoms with Gasteiger partial charge in [0.05, 0.1) is 18.9 Å². The summed E-state index contributed by atoms with van der Waals surface area (Å²) >= 11 is 1.29. The molecule has 0 amide bonds. The van der Waals surface area contributed by atoms with E-state index in [2.05, 4.69) is 35.5 Å². The quantitative estimate of drug-likeness (QED) is 0.394. The molecular formula is C22H29N3O3S. The lowest BCUT2D eigenvalue weighted by molar-refractivity contribution is 0.0478. The molecule has 1 aromatic carbocycles. The number of benzene rings is 1.